The maximum Gasteiger partial charge on any atom is 0.166 e. The number of fused-ring (bicyclic) bond motifs is 1. The van der Waals surface area contributed by atoms with Gasteiger partial charge in [0.15, 0.2) is 5.11 Å². The van der Waals surface area contributed by atoms with Crippen molar-refractivity contribution < 1.29 is 0 Å². The average molecular weight is 247 g/mol. The van der Waals surface area contributed by atoms with Crippen molar-refractivity contribution >= 4 is 28.1 Å². The van der Waals surface area contributed by atoms with Crippen molar-refractivity contribution in [2.75, 3.05) is 6.54 Å². The van der Waals surface area contributed by atoms with Crippen molar-refractivity contribution in [1.29, 1.82) is 0 Å². The van der Waals surface area contributed by atoms with E-state index in [9.17, 15) is 0 Å². The number of rotatable bonds is 4. The lowest BCUT2D eigenvalue weighted by Gasteiger charge is -2.08. The van der Waals surface area contributed by atoms with Gasteiger partial charge in [-0.15, -0.1) is 0 Å². The molecule has 0 bridgehead atoms. The number of aromatic nitrogens is 1. The Bertz CT molecular complexity index is 504. The molecule has 0 unspecified atom stereocenters. The predicted octanol–water partition coefficient (Wildman–Crippen LogP) is 2.54. The van der Waals surface area contributed by atoms with Crippen LogP contribution in [0, 0.1) is 0 Å². The molecule has 3 N–H and O–H groups in total. The zero-order valence-corrected chi connectivity index (χ0v) is 10.7. The second kappa shape index (κ2) is 5.68. The summed E-state index contributed by atoms with van der Waals surface area (Å²) in [6.45, 7) is 3.76. The summed E-state index contributed by atoms with van der Waals surface area (Å²) in [5.41, 5.74) is 1.17. The lowest BCUT2D eigenvalue weighted by Crippen LogP contribution is -2.35. The van der Waals surface area contributed by atoms with E-state index < -0.39 is 0 Å². The molecule has 17 heavy (non-hydrogen) atoms. The van der Waals surface area contributed by atoms with E-state index in [1.54, 1.807) is 0 Å². The number of nitrogens with one attached hydrogen (secondary N) is 3. The van der Waals surface area contributed by atoms with Crippen LogP contribution in [0.2, 0.25) is 0 Å². The molecule has 1 aromatic heterocycles. The first-order valence-electron chi connectivity index (χ1n) is 5.88. The first-order chi connectivity index (χ1) is 8.31. The van der Waals surface area contributed by atoms with Gasteiger partial charge in [-0.2, -0.15) is 0 Å². The summed E-state index contributed by atoms with van der Waals surface area (Å²) < 4.78 is 0. The zero-order chi connectivity index (χ0) is 12.1. The van der Waals surface area contributed by atoms with E-state index in [0.717, 1.165) is 19.5 Å². The van der Waals surface area contributed by atoms with Gasteiger partial charge >= 0.3 is 0 Å². The van der Waals surface area contributed by atoms with E-state index in [1.165, 1.54) is 16.5 Å². The van der Waals surface area contributed by atoms with E-state index in [4.69, 9.17) is 12.2 Å². The number of H-pyrrole nitrogens is 1. The molecular formula is C13H17N3S. The Morgan fingerprint density at radius 2 is 2.12 bits per heavy atom. The summed E-state index contributed by atoms with van der Waals surface area (Å²) in [7, 11) is 0. The van der Waals surface area contributed by atoms with Crippen LogP contribution in [0.15, 0.2) is 30.5 Å². The monoisotopic (exact) mass is 247 g/mol. The molecule has 4 heteroatoms. The summed E-state index contributed by atoms with van der Waals surface area (Å²) in [5.74, 6) is 0. The minimum atomic E-state index is 0.713. The molecule has 1 heterocycles. The quantitative estimate of drug-likeness (QED) is 0.727. The summed E-state index contributed by atoms with van der Waals surface area (Å²) in [6.07, 6.45) is 3.10. The van der Waals surface area contributed by atoms with Gasteiger partial charge < -0.3 is 15.6 Å². The number of benzene rings is 1. The van der Waals surface area contributed by atoms with E-state index in [0.29, 0.717) is 5.11 Å². The molecule has 0 saturated carbocycles. The van der Waals surface area contributed by atoms with Gasteiger partial charge in [0.1, 0.15) is 0 Å². The third-order valence-electron chi connectivity index (χ3n) is 2.65. The van der Waals surface area contributed by atoms with Gasteiger partial charge in [0.2, 0.25) is 0 Å². The first kappa shape index (κ1) is 11.9. The number of aromatic amines is 1. The van der Waals surface area contributed by atoms with E-state index in [1.807, 2.05) is 18.3 Å². The Labute approximate surface area is 107 Å². The molecular weight excluding hydrogens is 230 g/mol. The van der Waals surface area contributed by atoms with Crippen molar-refractivity contribution in [2.45, 2.75) is 19.9 Å². The highest BCUT2D eigenvalue weighted by molar-refractivity contribution is 7.80. The fourth-order valence-electron chi connectivity index (χ4n) is 1.76. The normalized spacial score (nSPS) is 10.4. The Morgan fingerprint density at radius 3 is 2.94 bits per heavy atom. The first-order valence-corrected chi connectivity index (χ1v) is 6.28. The highest BCUT2D eigenvalue weighted by atomic mass is 32.1. The Kier molecular flexibility index (Phi) is 3.98. The molecule has 2 rings (SSSR count). The van der Waals surface area contributed by atoms with Gasteiger partial charge in [-0.05, 0) is 24.0 Å². The summed E-state index contributed by atoms with van der Waals surface area (Å²) in [5, 5.41) is 9.55. The largest absolute Gasteiger partial charge is 0.363 e. The average Bonchev–Trinajstić information content (AvgIpc) is 2.77. The van der Waals surface area contributed by atoms with Crippen molar-refractivity contribution in [3.63, 3.8) is 0 Å². The topological polar surface area (TPSA) is 39.8 Å². The number of hydrogen-bond donors (Lipinski definition) is 3. The van der Waals surface area contributed by atoms with E-state index in [-0.39, 0.29) is 0 Å². The zero-order valence-electron chi connectivity index (χ0n) is 9.92. The molecule has 0 spiro atoms. The molecule has 0 amide bonds. The van der Waals surface area contributed by atoms with Crippen LogP contribution in [0.3, 0.4) is 0 Å². The van der Waals surface area contributed by atoms with Gasteiger partial charge in [-0.3, -0.25) is 0 Å². The highest BCUT2D eigenvalue weighted by Gasteiger charge is 2.02. The second-order valence-corrected chi connectivity index (χ2v) is 4.37. The standard InChI is InChI=1S/C13H17N3S/c1-2-7-14-13(17)16-9-12-11-6-4-3-5-10(11)8-15-12/h3-6,8,15H,2,7,9H2,1H3,(H2,14,16,17). The molecule has 0 aliphatic heterocycles. The smallest absolute Gasteiger partial charge is 0.166 e. The molecule has 0 saturated heterocycles. The number of hydrogen-bond acceptors (Lipinski definition) is 1. The van der Waals surface area contributed by atoms with Crippen LogP contribution in [-0.4, -0.2) is 16.6 Å². The van der Waals surface area contributed by atoms with Gasteiger partial charge in [0.05, 0.1) is 6.54 Å². The Hall–Kier alpha value is -1.55. The van der Waals surface area contributed by atoms with Crippen LogP contribution in [0.4, 0.5) is 0 Å². The van der Waals surface area contributed by atoms with Crippen molar-refractivity contribution in [1.82, 2.24) is 15.6 Å². The van der Waals surface area contributed by atoms with Crippen LogP contribution in [0.25, 0.3) is 10.8 Å². The molecule has 0 aliphatic carbocycles. The molecule has 0 fully saturated rings. The van der Waals surface area contributed by atoms with Crippen molar-refractivity contribution in [3.05, 3.63) is 36.2 Å². The lowest BCUT2D eigenvalue weighted by molar-refractivity contribution is 0.795. The fraction of sp³-hybridized carbons (Fsp3) is 0.308. The molecule has 0 atom stereocenters. The van der Waals surface area contributed by atoms with Crippen molar-refractivity contribution in [2.24, 2.45) is 0 Å². The minimum Gasteiger partial charge on any atom is -0.363 e. The van der Waals surface area contributed by atoms with Crippen LogP contribution < -0.4 is 10.6 Å². The van der Waals surface area contributed by atoms with Crippen molar-refractivity contribution in [3.8, 4) is 0 Å². The molecule has 3 nitrogen and oxygen atoms in total. The minimum absolute atomic E-state index is 0.713. The summed E-state index contributed by atoms with van der Waals surface area (Å²) in [4.78, 5) is 3.28. The lowest BCUT2D eigenvalue weighted by atomic mass is 10.2. The number of thiocarbonyl (C=S) groups is 1. The third kappa shape index (κ3) is 2.97. The van der Waals surface area contributed by atoms with Gasteiger partial charge in [0.25, 0.3) is 0 Å². The van der Waals surface area contributed by atoms with Crippen LogP contribution in [0.5, 0.6) is 0 Å². The molecule has 0 radical (unpaired) electrons. The SMILES string of the molecule is CCCNC(=S)NCc1[nH]cc2ccccc12. The fourth-order valence-corrected chi connectivity index (χ4v) is 1.93. The molecule has 1 aromatic carbocycles. The molecule has 90 valence electrons. The highest BCUT2D eigenvalue weighted by Crippen LogP contribution is 2.17. The summed E-state index contributed by atoms with van der Waals surface area (Å²) in [6, 6.07) is 8.31. The van der Waals surface area contributed by atoms with E-state index in [2.05, 4.69) is 34.7 Å². The van der Waals surface area contributed by atoms with Gasteiger partial charge in [0, 0.05) is 23.8 Å². The van der Waals surface area contributed by atoms with Crippen LogP contribution in [0.1, 0.15) is 19.0 Å². The Morgan fingerprint density at radius 1 is 1.29 bits per heavy atom. The summed E-state index contributed by atoms with van der Waals surface area (Å²) >= 11 is 5.18. The maximum atomic E-state index is 5.18. The molecule has 2 aromatic rings. The predicted molar refractivity (Wildman–Crippen MR) is 76.0 cm³/mol. The van der Waals surface area contributed by atoms with Crippen LogP contribution >= 0.6 is 12.2 Å². The van der Waals surface area contributed by atoms with Crippen LogP contribution in [-0.2, 0) is 6.54 Å². The van der Waals surface area contributed by atoms with Gasteiger partial charge in [-0.25, -0.2) is 0 Å². The maximum absolute atomic E-state index is 5.18. The third-order valence-corrected chi connectivity index (χ3v) is 2.94. The van der Waals surface area contributed by atoms with E-state index >= 15 is 0 Å². The Balaban J connectivity index is 1.97. The van der Waals surface area contributed by atoms with Gasteiger partial charge in [-0.1, -0.05) is 31.2 Å². The molecule has 0 aliphatic rings. The second-order valence-electron chi connectivity index (χ2n) is 3.96.